The van der Waals surface area contributed by atoms with Crippen LogP contribution in [0.3, 0.4) is 0 Å². The van der Waals surface area contributed by atoms with Gasteiger partial charge in [-0.1, -0.05) is 25.5 Å². The molecule has 0 heterocycles. The Labute approximate surface area is 116 Å². The summed E-state index contributed by atoms with van der Waals surface area (Å²) >= 11 is 0. The second-order valence-electron chi connectivity index (χ2n) is 5.42. The molecule has 19 heavy (non-hydrogen) atoms. The summed E-state index contributed by atoms with van der Waals surface area (Å²) in [6.07, 6.45) is 0. The Morgan fingerprint density at radius 2 is 1.89 bits per heavy atom. The van der Waals surface area contributed by atoms with Crippen LogP contribution < -0.4 is 11.1 Å². The Bertz CT molecular complexity index is 472. The number of nitrogen functional groups attached to an aromatic ring is 1. The summed E-state index contributed by atoms with van der Waals surface area (Å²) < 4.78 is 0. The molecule has 0 fully saturated rings. The summed E-state index contributed by atoms with van der Waals surface area (Å²) in [5.74, 6) is 0.408. The summed E-state index contributed by atoms with van der Waals surface area (Å²) in [4.78, 5) is 0. The third-order valence-corrected chi connectivity index (χ3v) is 3.43. The van der Waals surface area contributed by atoms with Gasteiger partial charge in [-0.3, -0.25) is 0 Å². The lowest BCUT2D eigenvalue weighted by Gasteiger charge is -2.21. The summed E-state index contributed by atoms with van der Waals surface area (Å²) in [6.45, 7) is 11.2. The fraction of sp³-hybridized carbons (Fsp3) is 0.500. The van der Waals surface area contributed by atoms with E-state index in [1.165, 1.54) is 16.7 Å². The quantitative estimate of drug-likeness (QED) is 0.710. The Hall–Kier alpha value is -1.48. The van der Waals surface area contributed by atoms with E-state index in [1.807, 2.05) is 6.07 Å². The molecule has 0 saturated carbocycles. The summed E-state index contributed by atoms with van der Waals surface area (Å²) in [5, 5.41) is 12.4. The van der Waals surface area contributed by atoms with E-state index in [0.29, 0.717) is 12.5 Å². The average Bonchev–Trinajstić information content (AvgIpc) is 2.34. The van der Waals surface area contributed by atoms with Crippen molar-refractivity contribution in [3.05, 3.63) is 28.8 Å². The van der Waals surface area contributed by atoms with Crippen molar-refractivity contribution in [3.63, 3.8) is 0 Å². The highest BCUT2D eigenvalue weighted by molar-refractivity contribution is 5.86. The normalized spacial score (nSPS) is 10.7. The molecule has 4 N–H and O–H groups in total. The highest BCUT2D eigenvalue weighted by atomic mass is 16.3. The van der Waals surface area contributed by atoms with Gasteiger partial charge >= 0.3 is 0 Å². The largest absolute Gasteiger partial charge is 0.398 e. The maximum Gasteiger partial charge on any atom is 0.0604 e. The highest BCUT2D eigenvalue weighted by Gasteiger charge is 2.15. The molecule has 1 rings (SSSR count). The fourth-order valence-electron chi connectivity index (χ4n) is 2.14. The predicted molar refractivity (Wildman–Crippen MR) is 84.5 cm³/mol. The topological polar surface area (TPSA) is 58.3 Å². The van der Waals surface area contributed by atoms with Crippen LogP contribution in [0, 0.1) is 0 Å². The first-order valence-electron chi connectivity index (χ1n) is 6.81. The van der Waals surface area contributed by atoms with E-state index in [1.54, 1.807) is 0 Å². The molecule has 1 aromatic rings. The number of hydrogen-bond acceptors (Lipinski definition) is 3. The monoisotopic (exact) mass is 262 g/mol. The second-order valence-corrected chi connectivity index (χ2v) is 5.42. The minimum atomic E-state index is 0.111. The van der Waals surface area contributed by atoms with Gasteiger partial charge < -0.3 is 16.2 Å². The van der Waals surface area contributed by atoms with Crippen molar-refractivity contribution in [1.82, 2.24) is 0 Å². The van der Waals surface area contributed by atoms with Crippen molar-refractivity contribution < 1.29 is 5.11 Å². The molecule has 0 atom stereocenters. The number of anilines is 2. The highest BCUT2D eigenvalue weighted by Crippen LogP contribution is 2.37. The molecule has 3 nitrogen and oxygen atoms in total. The van der Waals surface area contributed by atoms with Gasteiger partial charge in [0.15, 0.2) is 0 Å². The van der Waals surface area contributed by atoms with Crippen molar-refractivity contribution in [2.75, 3.05) is 24.2 Å². The van der Waals surface area contributed by atoms with E-state index in [4.69, 9.17) is 10.8 Å². The van der Waals surface area contributed by atoms with Gasteiger partial charge in [0.2, 0.25) is 0 Å². The first kappa shape index (κ1) is 15.6. The van der Waals surface area contributed by atoms with Crippen LogP contribution in [0.1, 0.15) is 51.7 Å². The molecule has 0 aliphatic carbocycles. The van der Waals surface area contributed by atoms with Crippen LogP contribution in [0.15, 0.2) is 17.7 Å². The average molecular weight is 262 g/mol. The van der Waals surface area contributed by atoms with Crippen molar-refractivity contribution in [2.45, 2.75) is 40.5 Å². The molecule has 0 amide bonds. The molecule has 0 saturated heterocycles. The van der Waals surface area contributed by atoms with Gasteiger partial charge in [0.25, 0.3) is 0 Å². The zero-order valence-corrected chi connectivity index (χ0v) is 12.7. The van der Waals surface area contributed by atoms with Crippen LogP contribution in [-0.4, -0.2) is 18.3 Å². The molecular formula is C16H26N2O. The minimum Gasteiger partial charge on any atom is -0.398 e. The van der Waals surface area contributed by atoms with Crippen LogP contribution in [0.5, 0.6) is 0 Å². The Kier molecular flexibility index (Phi) is 5.43. The summed E-state index contributed by atoms with van der Waals surface area (Å²) in [7, 11) is 0. The first-order valence-corrected chi connectivity index (χ1v) is 6.81. The van der Waals surface area contributed by atoms with E-state index < -0.39 is 0 Å². The molecule has 106 valence electrons. The number of benzene rings is 1. The molecule has 0 radical (unpaired) electrons. The maximum atomic E-state index is 9.06. The van der Waals surface area contributed by atoms with Gasteiger partial charge in [-0.2, -0.15) is 0 Å². The minimum absolute atomic E-state index is 0.111. The summed E-state index contributed by atoms with van der Waals surface area (Å²) in [5.41, 5.74) is 12.8. The van der Waals surface area contributed by atoms with E-state index in [-0.39, 0.29) is 6.61 Å². The zero-order chi connectivity index (χ0) is 14.6. The molecule has 0 aliphatic heterocycles. The lowest BCUT2D eigenvalue weighted by atomic mass is 9.91. The van der Waals surface area contributed by atoms with Crippen LogP contribution in [-0.2, 0) is 0 Å². The standard InChI is InChI=1S/C16H26N2O/c1-10(2)12(5)15-14(17)7-6-13(11(3)4)16(15)18-8-9-19/h6-7,11,18-19H,8-9,17H2,1-5H3. The number of allylic oxidation sites excluding steroid dienone is 2. The van der Waals surface area contributed by atoms with Crippen LogP contribution in [0.4, 0.5) is 11.4 Å². The van der Waals surface area contributed by atoms with Crippen molar-refractivity contribution in [3.8, 4) is 0 Å². The number of aliphatic hydroxyl groups is 1. The number of rotatable bonds is 5. The Balaban J connectivity index is 3.49. The van der Waals surface area contributed by atoms with Gasteiger partial charge in [-0.25, -0.2) is 0 Å². The Morgan fingerprint density at radius 1 is 1.26 bits per heavy atom. The number of aliphatic hydroxyl groups excluding tert-OH is 1. The molecule has 3 heteroatoms. The number of hydrogen-bond donors (Lipinski definition) is 3. The van der Waals surface area contributed by atoms with Crippen molar-refractivity contribution in [2.24, 2.45) is 0 Å². The third kappa shape index (κ3) is 3.51. The molecule has 0 bridgehead atoms. The van der Waals surface area contributed by atoms with Crippen molar-refractivity contribution in [1.29, 1.82) is 0 Å². The van der Waals surface area contributed by atoms with Crippen LogP contribution in [0.2, 0.25) is 0 Å². The van der Waals surface area contributed by atoms with E-state index in [2.05, 4.69) is 46.0 Å². The molecule has 1 aromatic carbocycles. The van der Waals surface area contributed by atoms with E-state index in [0.717, 1.165) is 16.9 Å². The zero-order valence-electron chi connectivity index (χ0n) is 12.7. The predicted octanol–water partition coefficient (Wildman–Crippen LogP) is 3.61. The SMILES string of the molecule is CC(C)=C(C)c1c(N)ccc(C(C)C)c1NCCO. The van der Waals surface area contributed by atoms with Gasteiger partial charge in [0.1, 0.15) is 0 Å². The van der Waals surface area contributed by atoms with Gasteiger partial charge in [0, 0.05) is 23.5 Å². The van der Waals surface area contributed by atoms with Gasteiger partial charge in [-0.05, 0) is 43.9 Å². The molecular weight excluding hydrogens is 236 g/mol. The second kappa shape index (κ2) is 6.62. The van der Waals surface area contributed by atoms with Crippen LogP contribution >= 0.6 is 0 Å². The molecule has 0 aromatic heterocycles. The van der Waals surface area contributed by atoms with Crippen molar-refractivity contribution >= 4 is 16.9 Å². The molecule has 0 aliphatic rings. The van der Waals surface area contributed by atoms with E-state index in [9.17, 15) is 0 Å². The maximum absolute atomic E-state index is 9.06. The van der Waals surface area contributed by atoms with Gasteiger partial charge in [0.05, 0.1) is 6.61 Å². The first-order chi connectivity index (χ1) is 8.90. The fourth-order valence-corrected chi connectivity index (χ4v) is 2.14. The Morgan fingerprint density at radius 3 is 2.37 bits per heavy atom. The van der Waals surface area contributed by atoms with Crippen LogP contribution in [0.25, 0.3) is 5.57 Å². The smallest absolute Gasteiger partial charge is 0.0604 e. The number of nitrogens with two attached hydrogens (primary N) is 1. The van der Waals surface area contributed by atoms with E-state index >= 15 is 0 Å². The lowest BCUT2D eigenvalue weighted by molar-refractivity contribution is 0.311. The lowest BCUT2D eigenvalue weighted by Crippen LogP contribution is -2.12. The third-order valence-electron chi connectivity index (χ3n) is 3.43. The number of nitrogens with one attached hydrogen (secondary N) is 1. The molecule has 0 spiro atoms. The molecule has 0 unspecified atom stereocenters. The summed E-state index contributed by atoms with van der Waals surface area (Å²) in [6, 6.07) is 4.04. The van der Waals surface area contributed by atoms with Gasteiger partial charge in [-0.15, -0.1) is 0 Å².